The standard InChI is InChI=1S/C17H22F2N2O4/c1-9(20-14(22)8-17(2,3)4)15(23)21-13-6-10(16(24)25-5)11(18)7-12(13)19/h6-7,9H,8H2,1-5H3,(H,20,22)(H,21,23). The topological polar surface area (TPSA) is 84.5 Å². The van der Waals surface area contributed by atoms with Gasteiger partial charge in [0, 0.05) is 12.5 Å². The Hall–Kier alpha value is -2.51. The van der Waals surface area contributed by atoms with Gasteiger partial charge in [0.15, 0.2) is 0 Å². The van der Waals surface area contributed by atoms with Gasteiger partial charge in [0.1, 0.15) is 17.7 Å². The van der Waals surface area contributed by atoms with Crippen molar-refractivity contribution in [2.45, 2.75) is 40.2 Å². The van der Waals surface area contributed by atoms with Gasteiger partial charge in [-0.2, -0.15) is 0 Å². The van der Waals surface area contributed by atoms with Crippen molar-refractivity contribution in [3.63, 3.8) is 0 Å². The lowest BCUT2D eigenvalue weighted by Crippen LogP contribution is -2.42. The third-order valence-electron chi connectivity index (χ3n) is 3.18. The van der Waals surface area contributed by atoms with Gasteiger partial charge in [0.05, 0.1) is 18.4 Å². The Bertz CT molecular complexity index is 684. The first kappa shape index (κ1) is 20.5. The average Bonchev–Trinajstić information content (AvgIpc) is 2.46. The van der Waals surface area contributed by atoms with Crippen molar-refractivity contribution < 1.29 is 27.9 Å². The van der Waals surface area contributed by atoms with E-state index < -0.39 is 35.1 Å². The van der Waals surface area contributed by atoms with E-state index in [0.29, 0.717) is 6.07 Å². The highest BCUT2D eigenvalue weighted by molar-refractivity contribution is 5.98. The fourth-order valence-electron chi connectivity index (χ4n) is 1.99. The van der Waals surface area contributed by atoms with Gasteiger partial charge in [0.2, 0.25) is 11.8 Å². The number of anilines is 1. The summed E-state index contributed by atoms with van der Waals surface area (Å²) in [6, 6.07) is 0.379. The Morgan fingerprint density at radius 1 is 1.16 bits per heavy atom. The van der Waals surface area contributed by atoms with Crippen molar-refractivity contribution in [1.29, 1.82) is 0 Å². The van der Waals surface area contributed by atoms with Crippen LogP contribution in [0.15, 0.2) is 12.1 Å². The largest absolute Gasteiger partial charge is 0.465 e. The van der Waals surface area contributed by atoms with Gasteiger partial charge in [-0.3, -0.25) is 9.59 Å². The van der Waals surface area contributed by atoms with Crippen molar-refractivity contribution in [3.8, 4) is 0 Å². The van der Waals surface area contributed by atoms with Crippen LogP contribution in [0.4, 0.5) is 14.5 Å². The number of halogens is 2. The molecule has 0 heterocycles. The van der Waals surface area contributed by atoms with Crippen LogP contribution >= 0.6 is 0 Å². The second-order valence-corrected chi connectivity index (χ2v) is 6.82. The normalized spacial score (nSPS) is 12.3. The number of rotatable bonds is 5. The van der Waals surface area contributed by atoms with Crippen molar-refractivity contribution in [2.24, 2.45) is 5.41 Å². The third-order valence-corrected chi connectivity index (χ3v) is 3.18. The lowest BCUT2D eigenvalue weighted by atomic mass is 9.92. The van der Waals surface area contributed by atoms with Crippen molar-refractivity contribution in [2.75, 3.05) is 12.4 Å². The molecule has 138 valence electrons. The number of benzene rings is 1. The molecule has 1 atom stereocenters. The number of methoxy groups -OCH3 is 1. The zero-order chi connectivity index (χ0) is 19.4. The van der Waals surface area contributed by atoms with Crippen LogP contribution in [0, 0.1) is 17.0 Å². The van der Waals surface area contributed by atoms with Gasteiger partial charge < -0.3 is 15.4 Å². The van der Waals surface area contributed by atoms with Crippen molar-refractivity contribution in [1.82, 2.24) is 5.32 Å². The van der Waals surface area contributed by atoms with Crippen molar-refractivity contribution in [3.05, 3.63) is 29.3 Å². The quantitative estimate of drug-likeness (QED) is 0.795. The van der Waals surface area contributed by atoms with Gasteiger partial charge >= 0.3 is 5.97 Å². The molecule has 0 aliphatic carbocycles. The summed E-state index contributed by atoms with van der Waals surface area (Å²) in [5.41, 5.74) is -1.15. The Balaban J connectivity index is 2.86. The molecule has 0 aliphatic heterocycles. The minimum absolute atomic E-state index is 0.210. The maximum Gasteiger partial charge on any atom is 0.340 e. The summed E-state index contributed by atoms with van der Waals surface area (Å²) in [6.07, 6.45) is 0.210. The van der Waals surface area contributed by atoms with E-state index in [1.807, 2.05) is 20.8 Å². The van der Waals surface area contributed by atoms with E-state index in [1.54, 1.807) is 0 Å². The number of hydrogen-bond acceptors (Lipinski definition) is 4. The molecule has 0 radical (unpaired) electrons. The molecule has 0 bridgehead atoms. The van der Waals surface area contributed by atoms with Gasteiger partial charge in [-0.15, -0.1) is 0 Å². The molecule has 0 spiro atoms. The summed E-state index contributed by atoms with van der Waals surface area (Å²) in [4.78, 5) is 35.4. The molecule has 1 unspecified atom stereocenters. The highest BCUT2D eigenvalue weighted by Crippen LogP contribution is 2.21. The second-order valence-electron chi connectivity index (χ2n) is 6.82. The summed E-state index contributed by atoms with van der Waals surface area (Å²) in [6.45, 7) is 7.05. The molecule has 0 aliphatic rings. The number of amides is 2. The zero-order valence-electron chi connectivity index (χ0n) is 14.8. The Morgan fingerprint density at radius 2 is 1.76 bits per heavy atom. The highest BCUT2D eigenvalue weighted by atomic mass is 19.1. The summed E-state index contributed by atoms with van der Waals surface area (Å²) in [5.74, 6) is -4.19. The van der Waals surface area contributed by atoms with Crippen LogP contribution in [0.5, 0.6) is 0 Å². The molecular formula is C17H22F2N2O4. The van der Waals surface area contributed by atoms with Crippen LogP contribution in [0.25, 0.3) is 0 Å². The van der Waals surface area contributed by atoms with E-state index in [4.69, 9.17) is 0 Å². The van der Waals surface area contributed by atoms with Gasteiger partial charge in [-0.25, -0.2) is 13.6 Å². The molecule has 6 nitrogen and oxygen atoms in total. The van der Waals surface area contributed by atoms with Gasteiger partial charge in [-0.05, 0) is 18.4 Å². The van der Waals surface area contributed by atoms with Gasteiger partial charge in [0.25, 0.3) is 0 Å². The van der Waals surface area contributed by atoms with Crippen LogP contribution in [0.2, 0.25) is 0 Å². The molecule has 1 rings (SSSR count). The molecular weight excluding hydrogens is 334 g/mol. The summed E-state index contributed by atoms with van der Waals surface area (Å²) in [7, 11) is 1.05. The molecule has 25 heavy (non-hydrogen) atoms. The first-order valence-corrected chi connectivity index (χ1v) is 7.62. The van der Waals surface area contributed by atoms with E-state index in [2.05, 4.69) is 15.4 Å². The molecule has 0 aromatic heterocycles. The number of carbonyl (C=O) groups excluding carboxylic acids is 3. The molecule has 0 saturated carbocycles. The zero-order valence-corrected chi connectivity index (χ0v) is 14.8. The van der Waals surface area contributed by atoms with Crippen LogP contribution in [-0.4, -0.2) is 30.9 Å². The van der Waals surface area contributed by atoms with E-state index in [1.165, 1.54) is 6.92 Å². The predicted octanol–water partition coefficient (Wildman–Crippen LogP) is 2.63. The van der Waals surface area contributed by atoms with E-state index in [-0.39, 0.29) is 23.4 Å². The maximum atomic E-state index is 13.8. The first-order valence-electron chi connectivity index (χ1n) is 7.62. The number of ether oxygens (including phenoxy) is 1. The summed E-state index contributed by atoms with van der Waals surface area (Å²) >= 11 is 0. The lowest BCUT2D eigenvalue weighted by molar-refractivity contribution is -0.127. The minimum atomic E-state index is -1.10. The molecule has 8 heteroatoms. The van der Waals surface area contributed by atoms with Crippen LogP contribution in [0.3, 0.4) is 0 Å². The molecule has 1 aromatic carbocycles. The Labute approximate surface area is 144 Å². The fraction of sp³-hybridized carbons (Fsp3) is 0.471. The number of nitrogens with one attached hydrogen (secondary N) is 2. The molecule has 0 fully saturated rings. The lowest BCUT2D eigenvalue weighted by Gasteiger charge is -2.20. The van der Waals surface area contributed by atoms with E-state index >= 15 is 0 Å². The SMILES string of the molecule is COC(=O)c1cc(NC(=O)C(C)NC(=O)CC(C)(C)C)c(F)cc1F. The fourth-order valence-corrected chi connectivity index (χ4v) is 1.99. The molecule has 1 aromatic rings. The number of hydrogen-bond donors (Lipinski definition) is 2. The third kappa shape index (κ3) is 6.13. The second kappa shape index (κ2) is 8.04. The highest BCUT2D eigenvalue weighted by Gasteiger charge is 2.22. The van der Waals surface area contributed by atoms with Crippen LogP contribution < -0.4 is 10.6 Å². The van der Waals surface area contributed by atoms with Crippen molar-refractivity contribution >= 4 is 23.5 Å². The maximum absolute atomic E-state index is 13.8. The number of esters is 1. The van der Waals surface area contributed by atoms with E-state index in [9.17, 15) is 23.2 Å². The van der Waals surface area contributed by atoms with E-state index in [0.717, 1.165) is 13.2 Å². The number of carbonyl (C=O) groups is 3. The Kier molecular flexibility index (Phi) is 6.61. The van der Waals surface area contributed by atoms with Gasteiger partial charge in [-0.1, -0.05) is 20.8 Å². The predicted molar refractivity (Wildman–Crippen MR) is 88.0 cm³/mol. The molecule has 2 amide bonds. The molecule has 0 saturated heterocycles. The molecule has 2 N–H and O–H groups in total. The van der Waals surface area contributed by atoms with Crippen LogP contribution in [0.1, 0.15) is 44.5 Å². The average molecular weight is 356 g/mol. The Morgan fingerprint density at radius 3 is 2.28 bits per heavy atom. The van der Waals surface area contributed by atoms with Crippen LogP contribution in [-0.2, 0) is 14.3 Å². The minimum Gasteiger partial charge on any atom is -0.465 e. The summed E-state index contributed by atoms with van der Waals surface area (Å²) in [5, 5.41) is 4.72. The first-order chi connectivity index (χ1) is 11.4. The summed E-state index contributed by atoms with van der Waals surface area (Å²) < 4.78 is 31.8. The monoisotopic (exact) mass is 356 g/mol. The smallest absolute Gasteiger partial charge is 0.340 e.